The molecule has 9 heteroatoms. The van der Waals surface area contributed by atoms with E-state index in [9.17, 15) is 9.59 Å². The van der Waals surface area contributed by atoms with Gasteiger partial charge in [0.1, 0.15) is 11.8 Å². The zero-order valence-corrected chi connectivity index (χ0v) is 28.9. The number of halogens is 1. The normalized spacial score (nSPS) is 14.8. The number of esters is 1. The highest BCUT2D eigenvalue weighted by molar-refractivity contribution is 9.10. The van der Waals surface area contributed by atoms with Crippen LogP contribution in [0.1, 0.15) is 49.3 Å². The van der Waals surface area contributed by atoms with E-state index >= 15 is 0 Å². The Kier molecular flexibility index (Phi) is 8.72. The molecule has 5 aromatic rings. The van der Waals surface area contributed by atoms with Gasteiger partial charge in [0, 0.05) is 27.1 Å². The molecular formula is C37H34BrN3O4S. The first-order valence-electron chi connectivity index (χ1n) is 15.0. The fourth-order valence-corrected chi connectivity index (χ4v) is 7.40. The van der Waals surface area contributed by atoms with Gasteiger partial charge in [-0.1, -0.05) is 69.7 Å². The van der Waals surface area contributed by atoms with Gasteiger partial charge in [0.25, 0.3) is 5.56 Å². The lowest BCUT2D eigenvalue weighted by Crippen LogP contribution is -2.40. The van der Waals surface area contributed by atoms with E-state index in [4.69, 9.17) is 14.5 Å². The van der Waals surface area contributed by atoms with E-state index in [0.29, 0.717) is 31.9 Å². The molecule has 6 rings (SSSR count). The summed E-state index contributed by atoms with van der Waals surface area (Å²) in [4.78, 5) is 33.0. The smallest absolute Gasteiger partial charge is 0.338 e. The Bertz CT molecular complexity index is 2170. The van der Waals surface area contributed by atoms with Crippen molar-refractivity contribution in [1.82, 2.24) is 9.13 Å². The highest BCUT2D eigenvalue weighted by Crippen LogP contribution is 2.37. The number of aromatic nitrogens is 2. The van der Waals surface area contributed by atoms with E-state index in [1.165, 1.54) is 16.9 Å². The highest BCUT2D eigenvalue weighted by Gasteiger charge is 2.35. The number of carbonyl (C=O) groups is 1. The summed E-state index contributed by atoms with van der Waals surface area (Å²) in [5, 5.41) is 0. The predicted octanol–water partition coefficient (Wildman–Crippen LogP) is 7.03. The number of nitrogens with zero attached hydrogens (tertiary/aromatic N) is 3. The molecule has 1 aliphatic heterocycles. The van der Waals surface area contributed by atoms with Gasteiger partial charge >= 0.3 is 5.97 Å². The number of fused-ring (bicyclic) bond motifs is 1. The van der Waals surface area contributed by atoms with Crippen LogP contribution < -0.4 is 19.6 Å². The highest BCUT2D eigenvalue weighted by atomic mass is 79.9. The number of carbonyl (C=O) groups excluding carboxylic acids is 1. The molecule has 0 amide bonds. The summed E-state index contributed by atoms with van der Waals surface area (Å²) < 4.78 is 16.5. The second-order valence-electron chi connectivity index (χ2n) is 11.5. The number of benzene rings is 3. The van der Waals surface area contributed by atoms with Gasteiger partial charge in [0.2, 0.25) is 0 Å². The van der Waals surface area contributed by atoms with Crippen LogP contribution in [0, 0.1) is 13.8 Å². The lowest BCUT2D eigenvalue weighted by molar-refractivity contribution is -0.143. The summed E-state index contributed by atoms with van der Waals surface area (Å²) in [6, 6.07) is 25.6. The topological polar surface area (TPSA) is 74.8 Å². The number of thiazole rings is 1. The fraction of sp³-hybridized carbons (Fsp3) is 0.216. The van der Waals surface area contributed by atoms with Gasteiger partial charge < -0.3 is 14.0 Å². The maximum absolute atomic E-state index is 14.3. The molecule has 1 aliphatic rings. The molecule has 234 valence electrons. The molecule has 0 saturated carbocycles. The van der Waals surface area contributed by atoms with Crippen molar-refractivity contribution in [3.63, 3.8) is 0 Å². The number of allylic oxidation sites excluding steroid dienone is 1. The Balaban J connectivity index is 1.47. The maximum atomic E-state index is 14.3. The number of rotatable bonds is 7. The van der Waals surface area contributed by atoms with Crippen LogP contribution in [-0.4, -0.2) is 28.3 Å². The lowest BCUT2D eigenvalue weighted by atomic mass is 9.95. The van der Waals surface area contributed by atoms with E-state index in [1.54, 1.807) is 32.4 Å². The van der Waals surface area contributed by atoms with Crippen LogP contribution in [0.2, 0.25) is 0 Å². The van der Waals surface area contributed by atoms with Crippen molar-refractivity contribution in [1.29, 1.82) is 0 Å². The molecule has 0 N–H and O–H groups in total. The van der Waals surface area contributed by atoms with Crippen LogP contribution in [0.4, 0.5) is 0 Å². The number of aryl methyl sites for hydroxylation is 1. The second kappa shape index (κ2) is 12.7. The third-order valence-electron chi connectivity index (χ3n) is 8.06. The Morgan fingerprint density at radius 1 is 0.978 bits per heavy atom. The van der Waals surface area contributed by atoms with E-state index in [1.807, 2.05) is 42.5 Å². The standard InChI is InChI=1S/C37H34BrN3O4S/c1-21(2)45-36(43)33-23(4)39-37-41(34(33)30-20-28(38)14-17-31(30)44-6)35(42)32(46-37)19-27-18-22(3)40(24(27)5)29-15-12-26(13-16-29)25-10-8-7-9-11-25/h7-21,34H,1-6H3/b32-19-/t34-/m1/s1. The van der Waals surface area contributed by atoms with Crippen LogP contribution in [0.15, 0.2) is 104 Å². The molecule has 1 atom stereocenters. The number of hydrogen-bond donors (Lipinski definition) is 0. The van der Waals surface area contributed by atoms with Crippen LogP contribution in [0.25, 0.3) is 22.9 Å². The van der Waals surface area contributed by atoms with Crippen molar-refractivity contribution in [3.8, 4) is 22.6 Å². The molecule has 0 bridgehead atoms. The van der Waals surface area contributed by atoms with Crippen molar-refractivity contribution in [2.24, 2.45) is 4.99 Å². The summed E-state index contributed by atoms with van der Waals surface area (Å²) in [5.41, 5.74) is 7.58. The number of hydrogen-bond acceptors (Lipinski definition) is 6. The van der Waals surface area contributed by atoms with Gasteiger partial charge in [-0.2, -0.15) is 0 Å². The first-order valence-corrected chi connectivity index (χ1v) is 16.6. The molecule has 3 aromatic carbocycles. The molecule has 7 nitrogen and oxygen atoms in total. The third-order valence-corrected chi connectivity index (χ3v) is 9.54. The molecule has 0 saturated heterocycles. The van der Waals surface area contributed by atoms with E-state index in [-0.39, 0.29) is 11.7 Å². The summed E-state index contributed by atoms with van der Waals surface area (Å²) in [5.74, 6) is 0.0357. The fourth-order valence-electron chi connectivity index (χ4n) is 5.98. The first-order chi connectivity index (χ1) is 22.1. The number of methoxy groups -OCH3 is 1. The van der Waals surface area contributed by atoms with Crippen LogP contribution in [0.3, 0.4) is 0 Å². The monoisotopic (exact) mass is 695 g/mol. The average molecular weight is 697 g/mol. The van der Waals surface area contributed by atoms with Crippen molar-refractivity contribution < 1.29 is 14.3 Å². The Hall–Kier alpha value is -4.47. The summed E-state index contributed by atoms with van der Waals surface area (Å²) >= 11 is 4.86. The summed E-state index contributed by atoms with van der Waals surface area (Å²) in [6.45, 7) is 9.49. The van der Waals surface area contributed by atoms with Crippen molar-refractivity contribution in [3.05, 3.63) is 137 Å². The van der Waals surface area contributed by atoms with Crippen molar-refractivity contribution >= 4 is 39.3 Å². The van der Waals surface area contributed by atoms with Gasteiger partial charge in [-0.05, 0) is 93.8 Å². The molecular weight excluding hydrogens is 662 g/mol. The molecule has 46 heavy (non-hydrogen) atoms. The third kappa shape index (κ3) is 5.81. The van der Waals surface area contributed by atoms with E-state index in [2.05, 4.69) is 76.8 Å². The van der Waals surface area contributed by atoms with Gasteiger partial charge in [-0.3, -0.25) is 9.36 Å². The molecule has 0 radical (unpaired) electrons. The van der Waals surface area contributed by atoms with Gasteiger partial charge in [-0.25, -0.2) is 9.79 Å². The van der Waals surface area contributed by atoms with Crippen molar-refractivity contribution in [2.75, 3.05) is 7.11 Å². The van der Waals surface area contributed by atoms with Gasteiger partial charge in [-0.15, -0.1) is 0 Å². The van der Waals surface area contributed by atoms with Gasteiger partial charge in [0.15, 0.2) is 4.80 Å². The largest absolute Gasteiger partial charge is 0.496 e. The molecule has 3 heterocycles. The molecule has 0 fully saturated rings. The van der Waals surface area contributed by atoms with Gasteiger partial charge in [0.05, 0.1) is 29.0 Å². The molecule has 0 unspecified atom stereocenters. The molecule has 2 aromatic heterocycles. The van der Waals surface area contributed by atoms with Crippen LogP contribution >= 0.6 is 27.3 Å². The zero-order valence-electron chi connectivity index (χ0n) is 26.5. The Morgan fingerprint density at radius 2 is 1.67 bits per heavy atom. The minimum atomic E-state index is -0.785. The van der Waals surface area contributed by atoms with Crippen LogP contribution in [-0.2, 0) is 9.53 Å². The second-order valence-corrected chi connectivity index (χ2v) is 13.4. The SMILES string of the molecule is COc1ccc(Br)cc1[C@@H]1C(C(=O)OC(C)C)=C(C)N=c2s/c(=C\c3cc(C)n(-c4ccc(-c5ccccc5)cc4)c3C)c(=O)n21. The van der Waals surface area contributed by atoms with E-state index < -0.39 is 12.0 Å². The minimum absolute atomic E-state index is 0.241. The van der Waals surface area contributed by atoms with Crippen LogP contribution in [0.5, 0.6) is 5.75 Å². The molecule has 0 spiro atoms. The Morgan fingerprint density at radius 3 is 2.35 bits per heavy atom. The Labute approximate surface area is 279 Å². The van der Waals surface area contributed by atoms with Crippen molar-refractivity contribution in [2.45, 2.75) is 46.8 Å². The minimum Gasteiger partial charge on any atom is -0.496 e. The van der Waals surface area contributed by atoms with E-state index in [0.717, 1.165) is 32.7 Å². The zero-order chi connectivity index (χ0) is 32.7. The summed E-state index contributed by atoms with van der Waals surface area (Å²) in [6.07, 6.45) is 1.58. The maximum Gasteiger partial charge on any atom is 0.338 e. The summed E-state index contributed by atoms with van der Waals surface area (Å²) in [7, 11) is 1.57. The predicted molar refractivity (Wildman–Crippen MR) is 186 cm³/mol. The molecule has 0 aliphatic carbocycles. The lowest BCUT2D eigenvalue weighted by Gasteiger charge is -2.26. The quantitative estimate of drug-likeness (QED) is 0.171. The first kappa shape index (κ1) is 31.5. The number of ether oxygens (including phenoxy) is 2. The average Bonchev–Trinajstić information content (AvgIpc) is 3.49.